The van der Waals surface area contributed by atoms with Gasteiger partial charge in [-0.2, -0.15) is 15.0 Å². The number of rotatable bonds is 4. The fourth-order valence-corrected chi connectivity index (χ4v) is 3.46. The lowest BCUT2D eigenvalue weighted by atomic mass is 9.87. The van der Waals surface area contributed by atoms with Gasteiger partial charge in [0.2, 0.25) is 11.9 Å². The minimum atomic E-state index is 0.0978. The van der Waals surface area contributed by atoms with Crippen LogP contribution in [-0.4, -0.2) is 65.5 Å². The maximum Gasteiger partial charge on any atom is 0.233 e. The van der Waals surface area contributed by atoms with Gasteiger partial charge in [0.25, 0.3) is 0 Å². The van der Waals surface area contributed by atoms with Crippen molar-refractivity contribution in [2.75, 3.05) is 50.0 Å². The maximum atomic E-state index is 4.73. The number of aliphatic imine (C=N–C) groups is 1. The van der Waals surface area contributed by atoms with Crippen molar-refractivity contribution in [2.24, 2.45) is 10.4 Å². The molecule has 1 N–H and O–H groups in total. The van der Waals surface area contributed by atoms with Gasteiger partial charge in [0, 0.05) is 26.2 Å². The van der Waals surface area contributed by atoms with E-state index in [2.05, 4.69) is 71.1 Å². The number of aromatic nitrogens is 3. The summed E-state index contributed by atoms with van der Waals surface area (Å²) < 4.78 is 0. The molecule has 0 radical (unpaired) electrons. The Morgan fingerprint density at radius 2 is 1.68 bits per heavy atom. The average Bonchev–Trinajstić information content (AvgIpc) is 3.22. The molecule has 2 aromatic rings. The Kier molecular flexibility index (Phi) is 6.13. The third-order valence-electron chi connectivity index (χ3n) is 5.59. The van der Waals surface area contributed by atoms with Gasteiger partial charge in [0.15, 0.2) is 5.82 Å². The molecular formula is C24H31N7. The molecule has 1 aromatic carbocycles. The van der Waals surface area contributed by atoms with Crippen LogP contribution in [0.3, 0.4) is 0 Å². The normalized spacial score (nSPS) is 17.7. The zero-order valence-electron chi connectivity index (χ0n) is 18.8. The molecule has 162 valence electrons. The zero-order valence-corrected chi connectivity index (χ0v) is 18.8. The molecule has 0 atom stereocenters. The number of piperazine rings is 1. The largest absolute Gasteiger partial charge is 0.338 e. The number of anilines is 2. The van der Waals surface area contributed by atoms with E-state index in [1.54, 1.807) is 0 Å². The average molecular weight is 418 g/mol. The maximum absolute atomic E-state index is 4.73. The molecule has 31 heavy (non-hydrogen) atoms. The Labute approximate surface area is 184 Å². The number of hydrogen-bond donors (Lipinski definition) is 1. The molecule has 7 heteroatoms. The molecule has 7 nitrogen and oxygen atoms in total. The Hall–Kier alpha value is -3.06. The topological polar surface area (TPSA) is 69.5 Å². The van der Waals surface area contributed by atoms with E-state index in [0.29, 0.717) is 24.3 Å². The van der Waals surface area contributed by atoms with Gasteiger partial charge in [0.05, 0.1) is 6.54 Å². The van der Waals surface area contributed by atoms with Crippen LogP contribution in [0.15, 0.2) is 47.0 Å². The summed E-state index contributed by atoms with van der Waals surface area (Å²) in [6, 6.07) is 10.2. The van der Waals surface area contributed by atoms with Crippen molar-refractivity contribution >= 4 is 29.9 Å². The van der Waals surface area contributed by atoms with Crippen molar-refractivity contribution < 1.29 is 0 Å². The van der Waals surface area contributed by atoms with Crippen molar-refractivity contribution in [2.45, 2.75) is 20.8 Å². The minimum absolute atomic E-state index is 0.0978. The van der Waals surface area contributed by atoms with Crippen LogP contribution < -0.4 is 10.2 Å². The number of nitrogens with one attached hydrogen (secondary N) is 1. The highest BCUT2D eigenvalue weighted by Gasteiger charge is 2.22. The van der Waals surface area contributed by atoms with Gasteiger partial charge >= 0.3 is 0 Å². The summed E-state index contributed by atoms with van der Waals surface area (Å²) in [4.78, 5) is 23.3. The van der Waals surface area contributed by atoms with E-state index in [1.807, 2.05) is 30.4 Å². The van der Waals surface area contributed by atoms with Crippen LogP contribution in [-0.2, 0) is 0 Å². The van der Waals surface area contributed by atoms with Gasteiger partial charge in [-0.05, 0) is 35.8 Å². The van der Waals surface area contributed by atoms with Crippen LogP contribution in [0, 0.1) is 5.41 Å². The molecule has 4 rings (SSSR count). The lowest BCUT2D eigenvalue weighted by Crippen LogP contribution is -2.45. The minimum Gasteiger partial charge on any atom is -0.338 e. The molecule has 1 aromatic heterocycles. The van der Waals surface area contributed by atoms with E-state index in [9.17, 15) is 0 Å². The SMILES string of the molecule is CN1CCN(c2nc(/C=C/c3ccccc3)nc(NC3=NCC(C(C)(C)C)=C3)n2)CC1. The third kappa shape index (κ3) is 5.55. The number of hydrogen-bond acceptors (Lipinski definition) is 7. The summed E-state index contributed by atoms with van der Waals surface area (Å²) in [6.45, 7) is 11.1. The molecule has 0 amide bonds. The van der Waals surface area contributed by atoms with Gasteiger partial charge in [0.1, 0.15) is 5.84 Å². The molecule has 0 bridgehead atoms. The summed E-state index contributed by atoms with van der Waals surface area (Å²) >= 11 is 0. The first kappa shape index (κ1) is 21.2. The predicted octanol–water partition coefficient (Wildman–Crippen LogP) is 3.59. The zero-order chi connectivity index (χ0) is 21.8. The molecule has 0 unspecified atom stereocenters. The number of benzene rings is 1. The van der Waals surface area contributed by atoms with Crippen molar-refractivity contribution in [3.8, 4) is 0 Å². The molecule has 0 saturated carbocycles. The molecule has 2 aliphatic rings. The van der Waals surface area contributed by atoms with E-state index in [4.69, 9.17) is 9.97 Å². The predicted molar refractivity (Wildman–Crippen MR) is 128 cm³/mol. The first-order valence-electron chi connectivity index (χ1n) is 10.8. The van der Waals surface area contributed by atoms with Crippen LogP contribution in [0.2, 0.25) is 0 Å². The highest BCUT2D eigenvalue weighted by Crippen LogP contribution is 2.28. The lowest BCUT2D eigenvalue weighted by molar-refractivity contribution is 0.311. The standard InChI is InChI=1S/C24H31N7/c1-24(2,3)19-16-21(25-17-19)27-22-26-20(11-10-18-8-6-5-7-9-18)28-23(29-22)31-14-12-30(4)13-15-31/h5-11,16H,12-15,17H2,1-4H3,(H,25,26,27,28,29)/b11-10+. The summed E-state index contributed by atoms with van der Waals surface area (Å²) in [6.07, 6.45) is 6.07. The molecule has 3 heterocycles. The fraction of sp³-hybridized carbons (Fsp3) is 0.417. The van der Waals surface area contributed by atoms with E-state index in [1.165, 1.54) is 5.57 Å². The van der Waals surface area contributed by atoms with Crippen molar-refractivity contribution in [3.05, 3.63) is 53.4 Å². The van der Waals surface area contributed by atoms with E-state index < -0.39 is 0 Å². The van der Waals surface area contributed by atoms with Gasteiger partial charge < -0.3 is 15.1 Å². The fourth-order valence-electron chi connectivity index (χ4n) is 3.46. The van der Waals surface area contributed by atoms with Crippen LogP contribution >= 0.6 is 0 Å². The van der Waals surface area contributed by atoms with Crippen LogP contribution in [0.25, 0.3) is 12.2 Å². The Balaban J connectivity index is 1.60. The van der Waals surface area contributed by atoms with Gasteiger partial charge in [-0.25, -0.2) is 0 Å². The van der Waals surface area contributed by atoms with Crippen molar-refractivity contribution in [3.63, 3.8) is 0 Å². The van der Waals surface area contributed by atoms with Gasteiger partial charge in [-0.1, -0.05) is 57.2 Å². The first-order chi connectivity index (χ1) is 14.9. The molecule has 1 saturated heterocycles. The first-order valence-corrected chi connectivity index (χ1v) is 10.8. The lowest BCUT2D eigenvalue weighted by Gasteiger charge is -2.32. The Morgan fingerprint density at radius 1 is 0.935 bits per heavy atom. The van der Waals surface area contributed by atoms with Crippen LogP contribution in [0.4, 0.5) is 11.9 Å². The monoisotopic (exact) mass is 417 g/mol. The number of amidine groups is 1. The second-order valence-electron chi connectivity index (χ2n) is 9.10. The highest BCUT2D eigenvalue weighted by molar-refractivity contribution is 6.05. The van der Waals surface area contributed by atoms with Crippen molar-refractivity contribution in [1.82, 2.24) is 19.9 Å². The Morgan fingerprint density at radius 3 is 2.35 bits per heavy atom. The van der Waals surface area contributed by atoms with Crippen LogP contribution in [0.1, 0.15) is 32.2 Å². The van der Waals surface area contributed by atoms with Crippen molar-refractivity contribution in [1.29, 1.82) is 0 Å². The van der Waals surface area contributed by atoms with E-state index >= 15 is 0 Å². The summed E-state index contributed by atoms with van der Waals surface area (Å²) in [7, 11) is 2.14. The third-order valence-corrected chi connectivity index (χ3v) is 5.59. The smallest absolute Gasteiger partial charge is 0.233 e. The molecular weight excluding hydrogens is 386 g/mol. The Bertz CT molecular complexity index is 994. The van der Waals surface area contributed by atoms with E-state index in [-0.39, 0.29) is 5.41 Å². The van der Waals surface area contributed by atoms with Gasteiger partial charge in [-0.15, -0.1) is 0 Å². The summed E-state index contributed by atoms with van der Waals surface area (Å²) in [5, 5.41) is 3.31. The summed E-state index contributed by atoms with van der Waals surface area (Å²) in [5.74, 6) is 2.67. The molecule has 2 aliphatic heterocycles. The van der Waals surface area contributed by atoms with Gasteiger partial charge in [-0.3, -0.25) is 4.99 Å². The second kappa shape index (κ2) is 8.98. The number of nitrogens with zero attached hydrogens (tertiary/aromatic N) is 6. The molecule has 1 fully saturated rings. The number of likely N-dealkylation sites (N-methyl/N-ethyl adjacent to an activating group) is 1. The quantitative estimate of drug-likeness (QED) is 0.820. The highest BCUT2D eigenvalue weighted by atomic mass is 15.3. The summed E-state index contributed by atoms with van der Waals surface area (Å²) in [5.41, 5.74) is 2.50. The van der Waals surface area contributed by atoms with Crippen LogP contribution in [0.5, 0.6) is 0 Å². The van der Waals surface area contributed by atoms with E-state index in [0.717, 1.165) is 37.6 Å². The molecule has 0 spiro atoms. The second-order valence-corrected chi connectivity index (χ2v) is 9.10. The molecule has 0 aliphatic carbocycles.